The van der Waals surface area contributed by atoms with Crippen LogP contribution in [0.5, 0.6) is 0 Å². The molecule has 0 aromatic carbocycles. The first-order valence-electron chi connectivity index (χ1n) is 6.87. The number of fused-ring (bicyclic) bond motifs is 1. The number of allylic oxidation sites excluding steroid dienone is 1. The minimum atomic E-state index is -0.00431. The van der Waals surface area contributed by atoms with Gasteiger partial charge in [0.05, 0.1) is 19.0 Å². The number of hydrogen-bond donors (Lipinski definition) is 4. The second-order valence-corrected chi connectivity index (χ2v) is 5.04. The second kappa shape index (κ2) is 5.66. The van der Waals surface area contributed by atoms with Crippen molar-refractivity contribution in [2.24, 2.45) is 5.92 Å². The molecule has 1 aliphatic rings. The summed E-state index contributed by atoms with van der Waals surface area (Å²) in [6.07, 6.45) is 6.57. The Morgan fingerprint density at radius 1 is 1.33 bits per heavy atom. The number of nitrogens with one attached hydrogen (secondary N) is 1. The predicted octanol–water partition coefficient (Wildman–Crippen LogP) is -0.0778. The molecule has 0 unspecified atom stereocenters. The van der Waals surface area contributed by atoms with Crippen LogP contribution in [-0.4, -0.2) is 49.5 Å². The van der Waals surface area contributed by atoms with Crippen molar-refractivity contribution in [3.05, 3.63) is 18.5 Å². The van der Waals surface area contributed by atoms with Crippen LogP contribution in [0.3, 0.4) is 0 Å². The molecule has 2 aromatic heterocycles. The van der Waals surface area contributed by atoms with Crippen LogP contribution in [-0.2, 0) is 0 Å². The lowest BCUT2D eigenvalue weighted by Gasteiger charge is -2.13. The van der Waals surface area contributed by atoms with Gasteiger partial charge in [-0.15, -0.1) is 0 Å². The van der Waals surface area contributed by atoms with E-state index >= 15 is 0 Å². The van der Waals surface area contributed by atoms with Crippen molar-refractivity contribution in [3.63, 3.8) is 0 Å². The number of rotatable bonds is 5. The molecule has 0 spiro atoms. The Bertz CT molecular complexity index is 668. The molecule has 112 valence electrons. The molecule has 3 rings (SSSR count). The second-order valence-electron chi connectivity index (χ2n) is 5.04. The van der Waals surface area contributed by atoms with E-state index in [1.807, 2.05) is 16.7 Å². The summed E-state index contributed by atoms with van der Waals surface area (Å²) in [4.78, 5) is 12.7. The van der Waals surface area contributed by atoms with Crippen molar-refractivity contribution in [1.82, 2.24) is 19.5 Å². The summed E-state index contributed by atoms with van der Waals surface area (Å²) in [5.74, 6) is 0.843. The highest BCUT2D eigenvalue weighted by Gasteiger charge is 2.22. The monoisotopic (exact) mass is 290 g/mol. The molecule has 0 bridgehead atoms. The lowest BCUT2D eigenvalue weighted by Crippen LogP contribution is -2.11. The first kappa shape index (κ1) is 13.8. The van der Waals surface area contributed by atoms with Gasteiger partial charge < -0.3 is 25.8 Å². The van der Waals surface area contributed by atoms with E-state index in [4.69, 9.17) is 10.8 Å². The minimum Gasteiger partial charge on any atom is -0.396 e. The quantitative estimate of drug-likeness (QED) is 0.568. The van der Waals surface area contributed by atoms with E-state index in [2.05, 4.69) is 20.3 Å². The Morgan fingerprint density at radius 3 is 2.90 bits per heavy atom. The average Bonchev–Trinajstić information content (AvgIpc) is 3.10. The predicted molar refractivity (Wildman–Crippen MR) is 78.7 cm³/mol. The fourth-order valence-electron chi connectivity index (χ4n) is 2.57. The van der Waals surface area contributed by atoms with E-state index in [9.17, 15) is 5.11 Å². The Morgan fingerprint density at radius 2 is 2.19 bits per heavy atom. The molecule has 21 heavy (non-hydrogen) atoms. The van der Waals surface area contributed by atoms with Crippen molar-refractivity contribution >= 4 is 22.9 Å². The SMILES string of the molecule is Nc1nc(NCCO)c2ncn([C@@H]3C=C[C@H](CO)C3)c2n1. The molecule has 5 N–H and O–H groups in total. The maximum absolute atomic E-state index is 9.22. The fraction of sp³-hybridized carbons (Fsp3) is 0.462. The van der Waals surface area contributed by atoms with Crippen molar-refractivity contribution in [3.8, 4) is 0 Å². The van der Waals surface area contributed by atoms with Crippen LogP contribution in [0, 0.1) is 5.92 Å². The smallest absolute Gasteiger partial charge is 0.224 e. The summed E-state index contributed by atoms with van der Waals surface area (Å²) < 4.78 is 1.93. The molecule has 0 amide bonds. The third kappa shape index (κ3) is 2.55. The molecule has 2 heterocycles. The number of hydrogen-bond acceptors (Lipinski definition) is 7. The van der Waals surface area contributed by atoms with E-state index in [1.54, 1.807) is 6.33 Å². The standard InChI is InChI=1S/C13H18N6O2/c14-13-17-11(15-3-4-20)10-12(18-13)19(7-16-10)9-2-1-8(5-9)6-21/h1-2,7-9,20-21H,3-6H2,(H3,14,15,17,18)/t8-,9+/m0/s1. The zero-order valence-corrected chi connectivity index (χ0v) is 11.5. The van der Waals surface area contributed by atoms with Gasteiger partial charge in [0, 0.05) is 19.1 Å². The third-order valence-corrected chi connectivity index (χ3v) is 3.58. The molecule has 8 heteroatoms. The highest BCUT2D eigenvalue weighted by Crippen LogP contribution is 2.31. The number of anilines is 2. The lowest BCUT2D eigenvalue weighted by atomic mass is 10.1. The van der Waals surface area contributed by atoms with Gasteiger partial charge in [-0.3, -0.25) is 0 Å². The van der Waals surface area contributed by atoms with E-state index in [-0.39, 0.29) is 31.1 Å². The van der Waals surface area contributed by atoms with E-state index in [0.29, 0.717) is 23.5 Å². The zero-order chi connectivity index (χ0) is 14.8. The number of aromatic nitrogens is 4. The number of nitrogens with zero attached hydrogens (tertiary/aromatic N) is 4. The van der Waals surface area contributed by atoms with E-state index < -0.39 is 0 Å². The number of aliphatic hydroxyl groups is 2. The Labute approximate surface area is 121 Å². The minimum absolute atomic E-state index is 0.00431. The van der Waals surface area contributed by atoms with Crippen molar-refractivity contribution in [2.45, 2.75) is 12.5 Å². The Hall–Kier alpha value is -2.19. The van der Waals surface area contributed by atoms with Crippen LogP contribution < -0.4 is 11.1 Å². The summed E-state index contributed by atoms with van der Waals surface area (Å²) in [6.45, 7) is 0.504. The molecule has 8 nitrogen and oxygen atoms in total. The third-order valence-electron chi connectivity index (χ3n) is 3.58. The van der Waals surface area contributed by atoms with Gasteiger partial charge in [0.15, 0.2) is 17.0 Å². The fourth-order valence-corrected chi connectivity index (χ4v) is 2.57. The average molecular weight is 290 g/mol. The molecular formula is C13H18N6O2. The first-order valence-corrected chi connectivity index (χ1v) is 6.87. The zero-order valence-electron chi connectivity index (χ0n) is 11.5. The van der Waals surface area contributed by atoms with Crippen LogP contribution in [0.25, 0.3) is 11.2 Å². The maximum Gasteiger partial charge on any atom is 0.224 e. The van der Waals surface area contributed by atoms with Gasteiger partial charge in [-0.05, 0) is 6.42 Å². The summed E-state index contributed by atoms with van der Waals surface area (Å²) in [5, 5.41) is 21.1. The summed E-state index contributed by atoms with van der Waals surface area (Å²) in [6, 6.07) is 0.104. The molecule has 1 aliphatic carbocycles. The first-order chi connectivity index (χ1) is 10.2. The Balaban J connectivity index is 1.98. The maximum atomic E-state index is 9.22. The molecule has 2 atom stereocenters. The molecule has 0 saturated carbocycles. The highest BCUT2D eigenvalue weighted by molar-refractivity contribution is 5.84. The largest absolute Gasteiger partial charge is 0.396 e. The highest BCUT2D eigenvalue weighted by atomic mass is 16.3. The van der Waals surface area contributed by atoms with Crippen LogP contribution in [0.1, 0.15) is 12.5 Å². The van der Waals surface area contributed by atoms with Crippen LogP contribution in [0.15, 0.2) is 18.5 Å². The summed E-state index contributed by atoms with van der Waals surface area (Å²) >= 11 is 0. The topological polar surface area (TPSA) is 122 Å². The molecule has 0 fully saturated rings. The molecular weight excluding hydrogens is 272 g/mol. The van der Waals surface area contributed by atoms with Crippen LogP contribution in [0.2, 0.25) is 0 Å². The van der Waals surface area contributed by atoms with Gasteiger partial charge >= 0.3 is 0 Å². The van der Waals surface area contributed by atoms with Gasteiger partial charge in [-0.1, -0.05) is 12.2 Å². The van der Waals surface area contributed by atoms with E-state index in [0.717, 1.165) is 6.42 Å². The number of nitrogen functional groups attached to an aromatic ring is 1. The summed E-state index contributed by atoms with van der Waals surface area (Å²) in [7, 11) is 0. The molecule has 0 aliphatic heterocycles. The number of imidazole rings is 1. The molecule has 0 saturated heterocycles. The van der Waals surface area contributed by atoms with Crippen molar-refractivity contribution in [2.75, 3.05) is 30.8 Å². The number of nitrogens with two attached hydrogens (primary N) is 1. The van der Waals surface area contributed by atoms with Crippen LogP contribution >= 0.6 is 0 Å². The van der Waals surface area contributed by atoms with Gasteiger partial charge in [0.1, 0.15) is 0 Å². The number of aliphatic hydroxyl groups excluding tert-OH is 2. The van der Waals surface area contributed by atoms with Crippen molar-refractivity contribution < 1.29 is 10.2 Å². The molecule has 2 aromatic rings. The normalized spacial score (nSPS) is 21.2. The van der Waals surface area contributed by atoms with Gasteiger partial charge in [-0.2, -0.15) is 9.97 Å². The van der Waals surface area contributed by atoms with Gasteiger partial charge in [-0.25, -0.2) is 4.98 Å². The van der Waals surface area contributed by atoms with Gasteiger partial charge in [0.25, 0.3) is 0 Å². The summed E-state index contributed by atoms with van der Waals surface area (Å²) in [5.41, 5.74) is 7.03. The van der Waals surface area contributed by atoms with Gasteiger partial charge in [0.2, 0.25) is 5.95 Å². The van der Waals surface area contributed by atoms with Crippen LogP contribution in [0.4, 0.5) is 11.8 Å². The van der Waals surface area contributed by atoms with E-state index in [1.165, 1.54) is 0 Å². The van der Waals surface area contributed by atoms with Crippen molar-refractivity contribution in [1.29, 1.82) is 0 Å². The lowest BCUT2D eigenvalue weighted by molar-refractivity contribution is 0.244. The Kier molecular flexibility index (Phi) is 3.72. The molecule has 0 radical (unpaired) electrons.